The molecule has 0 bridgehead atoms. The van der Waals surface area contributed by atoms with Crippen molar-refractivity contribution >= 4 is 18.0 Å². The second-order valence-corrected chi connectivity index (χ2v) is 6.60. The number of hydrogen-bond donors (Lipinski definition) is 0. The molecule has 7 nitrogen and oxygen atoms in total. The monoisotopic (exact) mass is 390 g/mol. The van der Waals surface area contributed by atoms with E-state index in [2.05, 4.69) is 22.2 Å². The van der Waals surface area contributed by atoms with Crippen LogP contribution >= 0.6 is 11.8 Å². The highest BCUT2D eigenvalue weighted by Crippen LogP contribution is 2.28. The van der Waals surface area contributed by atoms with Gasteiger partial charge in [-0.15, -0.1) is 10.2 Å². The Bertz CT molecular complexity index is 836. The van der Waals surface area contributed by atoms with Gasteiger partial charge in [-0.05, 0) is 50.3 Å². The second kappa shape index (κ2) is 10.7. The van der Waals surface area contributed by atoms with Crippen LogP contribution < -0.4 is 15.0 Å². The molecule has 0 spiro atoms. The molecule has 0 radical (unpaired) electrons. The van der Waals surface area contributed by atoms with Crippen molar-refractivity contribution in [3.8, 4) is 11.5 Å². The molecule has 0 aliphatic carbocycles. The van der Waals surface area contributed by atoms with E-state index in [1.54, 1.807) is 13.1 Å². The molecule has 146 valence electrons. The van der Waals surface area contributed by atoms with Crippen molar-refractivity contribution in [1.82, 2.24) is 14.9 Å². The molecule has 0 saturated heterocycles. The van der Waals surface area contributed by atoms with E-state index >= 15 is 0 Å². The summed E-state index contributed by atoms with van der Waals surface area (Å²) in [5, 5.41) is 12.6. The lowest BCUT2D eigenvalue weighted by molar-refractivity contribution is 0.271. The third-order valence-corrected chi connectivity index (χ3v) is 4.37. The van der Waals surface area contributed by atoms with Crippen LogP contribution in [0, 0.1) is 6.92 Å². The largest absolute Gasteiger partial charge is 0.490 e. The number of benzene rings is 1. The molecule has 27 heavy (non-hydrogen) atoms. The van der Waals surface area contributed by atoms with Crippen LogP contribution in [0.5, 0.6) is 11.5 Å². The van der Waals surface area contributed by atoms with Crippen molar-refractivity contribution < 1.29 is 9.47 Å². The molecule has 0 aliphatic rings. The van der Waals surface area contributed by atoms with Crippen LogP contribution in [0.3, 0.4) is 0 Å². The molecule has 1 heterocycles. The summed E-state index contributed by atoms with van der Waals surface area (Å²) in [5.74, 6) is 1.38. The minimum absolute atomic E-state index is 0.286. The maximum Gasteiger partial charge on any atom is 0.296 e. The normalized spacial score (nSPS) is 11.1. The van der Waals surface area contributed by atoms with Crippen LogP contribution in [-0.2, 0) is 0 Å². The van der Waals surface area contributed by atoms with Gasteiger partial charge in [-0.1, -0.05) is 31.5 Å². The number of aromatic nitrogens is 3. The van der Waals surface area contributed by atoms with Crippen LogP contribution in [-0.4, -0.2) is 40.6 Å². The van der Waals surface area contributed by atoms with E-state index in [4.69, 9.17) is 9.47 Å². The fourth-order valence-electron chi connectivity index (χ4n) is 2.32. The molecule has 0 aliphatic heterocycles. The average Bonchev–Trinajstić information content (AvgIpc) is 2.67. The van der Waals surface area contributed by atoms with Gasteiger partial charge in [0.1, 0.15) is 5.69 Å². The molecule has 1 aromatic carbocycles. The molecule has 0 N–H and O–H groups in total. The standard InChI is InChI=1S/C19H26N4O3S/c1-5-7-8-11-26-16-10-9-15(12-17(16)25-6-2)13-20-23-18(24)14(3)21-22-19(23)27-4/h9-10,12-13H,5-8,11H2,1-4H3/b20-13-. The Morgan fingerprint density at radius 2 is 2.00 bits per heavy atom. The van der Waals surface area contributed by atoms with E-state index in [0.717, 1.165) is 24.8 Å². The molecule has 2 rings (SSSR count). The Kier molecular flexibility index (Phi) is 8.32. The van der Waals surface area contributed by atoms with Gasteiger partial charge in [-0.25, -0.2) is 0 Å². The SMILES string of the molecule is CCCCCOc1ccc(/C=N\n2c(SC)nnc(C)c2=O)cc1OCC. The molecular formula is C19H26N4O3S. The molecule has 0 atom stereocenters. The molecule has 0 unspecified atom stereocenters. The van der Waals surface area contributed by atoms with Crippen LogP contribution in [0.1, 0.15) is 44.4 Å². The number of aryl methyl sites for hydroxylation is 1. The number of hydrogen-bond acceptors (Lipinski definition) is 7. The Morgan fingerprint density at radius 3 is 2.70 bits per heavy atom. The minimum Gasteiger partial charge on any atom is -0.490 e. The van der Waals surface area contributed by atoms with E-state index in [1.807, 2.05) is 31.4 Å². The predicted molar refractivity (Wildman–Crippen MR) is 108 cm³/mol. The highest BCUT2D eigenvalue weighted by molar-refractivity contribution is 7.98. The fraction of sp³-hybridized carbons (Fsp3) is 0.474. The van der Waals surface area contributed by atoms with Crippen molar-refractivity contribution in [2.24, 2.45) is 5.10 Å². The molecule has 1 aromatic heterocycles. The van der Waals surface area contributed by atoms with E-state index in [9.17, 15) is 4.79 Å². The van der Waals surface area contributed by atoms with Gasteiger partial charge in [-0.3, -0.25) is 4.79 Å². The first-order chi connectivity index (χ1) is 13.1. The number of nitrogens with zero attached hydrogens (tertiary/aromatic N) is 4. The van der Waals surface area contributed by atoms with Crippen molar-refractivity contribution in [2.75, 3.05) is 19.5 Å². The lowest BCUT2D eigenvalue weighted by Gasteiger charge is -2.12. The van der Waals surface area contributed by atoms with Crippen molar-refractivity contribution in [2.45, 2.75) is 45.2 Å². The average molecular weight is 391 g/mol. The zero-order valence-electron chi connectivity index (χ0n) is 16.3. The van der Waals surface area contributed by atoms with E-state index < -0.39 is 0 Å². The predicted octanol–water partition coefficient (Wildman–Crippen LogP) is 3.52. The van der Waals surface area contributed by atoms with E-state index in [0.29, 0.717) is 35.6 Å². The Hall–Kier alpha value is -2.35. The lowest BCUT2D eigenvalue weighted by atomic mass is 10.2. The Labute approximate surface area is 163 Å². The number of ether oxygens (including phenoxy) is 2. The van der Waals surface area contributed by atoms with Crippen LogP contribution in [0.25, 0.3) is 0 Å². The first-order valence-electron chi connectivity index (χ1n) is 9.05. The fourth-order valence-corrected chi connectivity index (χ4v) is 2.75. The third kappa shape index (κ3) is 5.82. The summed E-state index contributed by atoms with van der Waals surface area (Å²) in [6, 6.07) is 5.60. The summed E-state index contributed by atoms with van der Waals surface area (Å²) in [7, 11) is 0. The molecule has 8 heteroatoms. The maximum atomic E-state index is 12.3. The molecule has 0 fully saturated rings. The molecular weight excluding hydrogens is 364 g/mol. The van der Waals surface area contributed by atoms with Crippen molar-refractivity contribution in [3.63, 3.8) is 0 Å². The second-order valence-electron chi connectivity index (χ2n) is 5.83. The van der Waals surface area contributed by atoms with Gasteiger partial charge in [0.15, 0.2) is 11.5 Å². The zero-order chi connectivity index (χ0) is 19.6. The summed E-state index contributed by atoms with van der Waals surface area (Å²) in [6.45, 7) is 6.90. The quantitative estimate of drug-likeness (QED) is 0.351. The molecule has 0 amide bonds. The van der Waals surface area contributed by atoms with Gasteiger partial charge >= 0.3 is 0 Å². The van der Waals surface area contributed by atoms with Gasteiger partial charge in [0.2, 0.25) is 5.16 Å². The van der Waals surface area contributed by atoms with Gasteiger partial charge in [0.25, 0.3) is 5.56 Å². The Morgan fingerprint density at radius 1 is 1.19 bits per heavy atom. The smallest absolute Gasteiger partial charge is 0.296 e. The van der Waals surface area contributed by atoms with E-state index in [1.165, 1.54) is 16.4 Å². The topological polar surface area (TPSA) is 78.6 Å². The highest BCUT2D eigenvalue weighted by Gasteiger charge is 2.09. The minimum atomic E-state index is -0.286. The maximum absolute atomic E-state index is 12.3. The van der Waals surface area contributed by atoms with E-state index in [-0.39, 0.29) is 5.56 Å². The summed E-state index contributed by atoms with van der Waals surface area (Å²) in [4.78, 5) is 12.3. The van der Waals surface area contributed by atoms with Crippen molar-refractivity contribution in [1.29, 1.82) is 0 Å². The summed E-state index contributed by atoms with van der Waals surface area (Å²) < 4.78 is 12.8. The first-order valence-corrected chi connectivity index (χ1v) is 10.3. The number of rotatable bonds is 10. The lowest BCUT2D eigenvalue weighted by Crippen LogP contribution is -2.23. The van der Waals surface area contributed by atoms with Crippen LogP contribution in [0.4, 0.5) is 0 Å². The Balaban J connectivity index is 2.24. The molecule has 2 aromatic rings. The van der Waals surface area contributed by atoms with Gasteiger partial charge < -0.3 is 9.47 Å². The summed E-state index contributed by atoms with van der Waals surface area (Å²) in [5.41, 5.74) is 0.815. The van der Waals surface area contributed by atoms with Crippen LogP contribution in [0.15, 0.2) is 33.3 Å². The third-order valence-electron chi connectivity index (χ3n) is 3.75. The zero-order valence-corrected chi connectivity index (χ0v) is 17.1. The highest BCUT2D eigenvalue weighted by atomic mass is 32.2. The first kappa shape index (κ1) is 21.0. The number of thioether (sulfide) groups is 1. The summed E-state index contributed by atoms with van der Waals surface area (Å²) >= 11 is 1.31. The number of unbranched alkanes of at least 4 members (excludes halogenated alkanes) is 2. The van der Waals surface area contributed by atoms with Gasteiger partial charge in [0, 0.05) is 0 Å². The van der Waals surface area contributed by atoms with Gasteiger partial charge in [-0.2, -0.15) is 9.78 Å². The van der Waals surface area contributed by atoms with Gasteiger partial charge in [0.05, 0.1) is 19.4 Å². The molecule has 0 saturated carbocycles. The van der Waals surface area contributed by atoms with Crippen molar-refractivity contribution in [3.05, 3.63) is 39.8 Å². The van der Waals surface area contributed by atoms with Crippen LogP contribution in [0.2, 0.25) is 0 Å². The summed E-state index contributed by atoms with van der Waals surface area (Å²) in [6.07, 6.45) is 6.73.